The van der Waals surface area contributed by atoms with Gasteiger partial charge in [-0.3, -0.25) is 9.69 Å². The lowest BCUT2D eigenvalue weighted by Gasteiger charge is -2.24. The standard InChI is InChI=1S/C14H11F4N3O2/c1-13(2)11(22)21(12(23)20(13)6-5-19)8-3-4-10(15)9(7-8)14(16,17)18/h3-4,7H,6H2,1-2H3. The molecule has 0 N–H and O–H groups in total. The number of anilines is 1. The lowest BCUT2D eigenvalue weighted by Crippen LogP contribution is -2.44. The van der Waals surface area contributed by atoms with Crippen LogP contribution in [0.1, 0.15) is 19.4 Å². The average Bonchev–Trinajstić information content (AvgIpc) is 2.60. The summed E-state index contributed by atoms with van der Waals surface area (Å²) in [6.45, 7) is 2.35. The van der Waals surface area contributed by atoms with Crippen LogP contribution >= 0.6 is 0 Å². The number of hydrogen-bond donors (Lipinski definition) is 0. The zero-order valence-corrected chi connectivity index (χ0v) is 12.1. The minimum absolute atomic E-state index is 0.400. The number of hydrogen-bond acceptors (Lipinski definition) is 3. The average molecular weight is 329 g/mol. The fraction of sp³-hybridized carbons (Fsp3) is 0.357. The van der Waals surface area contributed by atoms with Crippen LogP contribution in [-0.4, -0.2) is 28.9 Å². The zero-order chi connectivity index (χ0) is 17.6. The van der Waals surface area contributed by atoms with Crippen molar-refractivity contribution in [3.63, 3.8) is 0 Å². The van der Waals surface area contributed by atoms with E-state index in [2.05, 4.69) is 0 Å². The third kappa shape index (κ3) is 2.60. The molecule has 23 heavy (non-hydrogen) atoms. The van der Waals surface area contributed by atoms with Crippen LogP contribution in [0.5, 0.6) is 0 Å². The summed E-state index contributed by atoms with van der Waals surface area (Å²) in [6, 6.07) is 2.64. The summed E-state index contributed by atoms with van der Waals surface area (Å²) in [5.74, 6) is -2.30. The molecule has 1 aliphatic heterocycles. The molecule has 1 aliphatic rings. The van der Waals surface area contributed by atoms with Gasteiger partial charge in [-0.1, -0.05) is 0 Å². The summed E-state index contributed by atoms with van der Waals surface area (Å²) >= 11 is 0. The number of urea groups is 1. The van der Waals surface area contributed by atoms with Crippen molar-refractivity contribution in [1.82, 2.24) is 4.90 Å². The van der Waals surface area contributed by atoms with Gasteiger partial charge in [-0.05, 0) is 32.0 Å². The number of imide groups is 1. The predicted octanol–water partition coefficient (Wildman–Crippen LogP) is 2.92. The Kier molecular flexibility index (Phi) is 3.80. The Bertz CT molecular complexity index is 722. The van der Waals surface area contributed by atoms with E-state index < -0.39 is 47.3 Å². The molecule has 9 heteroatoms. The van der Waals surface area contributed by atoms with E-state index >= 15 is 0 Å². The van der Waals surface area contributed by atoms with Gasteiger partial charge in [-0.25, -0.2) is 14.1 Å². The van der Waals surface area contributed by atoms with Crippen molar-refractivity contribution >= 4 is 17.6 Å². The van der Waals surface area contributed by atoms with E-state index in [4.69, 9.17) is 5.26 Å². The summed E-state index contributed by atoms with van der Waals surface area (Å²) in [7, 11) is 0. The molecule has 1 aromatic carbocycles. The Morgan fingerprint density at radius 3 is 2.39 bits per heavy atom. The van der Waals surface area contributed by atoms with Gasteiger partial charge in [0, 0.05) is 0 Å². The molecule has 1 fully saturated rings. The second kappa shape index (κ2) is 5.22. The van der Waals surface area contributed by atoms with Crippen LogP contribution in [-0.2, 0) is 11.0 Å². The van der Waals surface area contributed by atoms with Crippen LogP contribution in [0.2, 0.25) is 0 Å². The first-order valence-corrected chi connectivity index (χ1v) is 6.41. The van der Waals surface area contributed by atoms with Crippen molar-refractivity contribution in [3.05, 3.63) is 29.6 Å². The molecule has 0 bridgehead atoms. The van der Waals surface area contributed by atoms with E-state index in [-0.39, 0.29) is 0 Å². The number of amides is 3. The topological polar surface area (TPSA) is 64.4 Å². The summed E-state index contributed by atoms with van der Waals surface area (Å²) in [4.78, 5) is 26.1. The number of rotatable bonds is 2. The lowest BCUT2D eigenvalue weighted by atomic mass is 10.0. The number of benzene rings is 1. The Labute approximate surface area is 128 Å². The van der Waals surface area contributed by atoms with Crippen LogP contribution in [0.4, 0.5) is 28.0 Å². The number of nitriles is 1. The van der Waals surface area contributed by atoms with Gasteiger partial charge in [0.15, 0.2) is 0 Å². The number of carbonyl (C=O) groups excluding carboxylic acids is 2. The number of halogens is 4. The van der Waals surface area contributed by atoms with Crippen molar-refractivity contribution < 1.29 is 27.2 Å². The minimum atomic E-state index is -4.96. The molecule has 0 aromatic heterocycles. The van der Waals surface area contributed by atoms with Crippen LogP contribution in [0.25, 0.3) is 0 Å². The van der Waals surface area contributed by atoms with Crippen molar-refractivity contribution in [2.24, 2.45) is 0 Å². The van der Waals surface area contributed by atoms with Gasteiger partial charge in [0.05, 0.1) is 17.3 Å². The first-order chi connectivity index (χ1) is 10.5. The highest BCUT2D eigenvalue weighted by molar-refractivity contribution is 6.23. The van der Waals surface area contributed by atoms with Crippen LogP contribution < -0.4 is 4.90 Å². The largest absolute Gasteiger partial charge is 0.419 e. The summed E-state index contributed by atoms with van der Waals surface area (Å²) in [5, 5.41) is 8.73. The molecular weight excluding hydrogens is 318 g/mol. The number of alkyl halides is 3. The van der Waals surface area contributed by atoms with E-state index in [1.807, 2.05) is 0 Å². The highest BCUT2D eigenvalue weighted by atomic mass is 19.4. The molecule has 0 saturated carbocycles. The van der Waals surface area contributed by atoms with Gasteiger partial charge < -0.3 is 0 Å². The van der Waals surface area contributed by atoms with E-state index in [0.29, 0.717) is 17.0 Å². The summed E-state index contributed by atoms with van der Waals surface area (Å²) in [6.07, 6.45) is -4.96. The van der Waals surface area contributed by atoms with Crippen LogP contribution in [0, 0.1) is 17.1 Å². The fourth-order valence-electron chi connectivity index (χ4n) is 2.27. The second-order valence-corrected chi connectivity index (χ2v) is 5.39. The van der Waals surface area contributed by atoms with Gasteiger partial charge in [0.25, 0.3) is 5.91 Å². The molecule has 0 unspecified atom stereocenters. The molecule has 0 radical (unpaired) electrons. The zero-order valence-electron chi connectivity index (χ0n) is 12.1. The van der Waals surface area contributed by atoms with Crippen LogP contribution in [0.3, 0.4) is 0 Å². The Hall–Kier alpha value is -2.63. The second-order valence-electron chi connectivity index (χ2n) is 5.39. The fourth-order valence-corrected chi connectivity index (χ4v) is 2.27. The molecule has 2 rings (SSSR count). The van der Waals surface area contributed by atoms with Crippen LogP contribution in [0.15, 0.2) is 18.2 Å². The number of nitrogens with zero attached hydrogens (tertiary/aromatic N) is 3. The maximum Gasteiger partial charge on any atom is 0.419 e. The van der Waals surface area contributed by atoms with Crippen molar-refractivity contribution in [3.8, 4) is 6.07 Å². The number of carbonyl (C=O) groups is 2. The van der Waals surface area contributed by atoms with Gasteiger partial charge in [-0.2, -0.15) is 18.4 Å². The highest BCUT2D eigenvalue weighted by Crippen LogP contribution is 2.37. The van der Waals surface area contributed by atoms with Crippen molar-refractivity contribution in [2.75, 3.05) is 11.4 Å². The highest BCUT2D eigenvalue weighted by Gasteiger charge is 2.52. The van der Waals surface area contributed by atoms with Gasteiger partial charge in [-0.15, -0.1) is 0 Å². The molecule has 1 aromatic rings. The Morgan fingerprint density at radius 2 is 1.87 bits per heavy atom. The molecule has 5 nitrogen and oxygen atoms in total. The molecule has 1 heterocycles. The molecule has 1 saturated heterocycles. The van der Waals surface area contributed by atoms with Gasteiger partial charge in [0.2, 0.25) is 0 Å². The van der Waals surface area contributed by atoms with Gasteiger partial charge in [0.1, 0.15) is 17.9 Å². The first-order valence-electron chi connectivity index (χ1n) is 6.41. The normalized spacial score (nSPS) is 17.6. The molecule has 0 spiro atoms. The maximum absolute atomic E-state index is 13.3. The van der Waals surface area contributed by atoms with Crippen molar-refractivity contribution in [2.45, 2.75) is 25.6 Å². The van der Waals surface area contributed by atoms with E-state index in [1.54, 1.807) is 6.07 Å². The summed E-state index contributed by atoms with van der Waals surface area (Å²) in [5.41, 5.74) is -3.37. The summed E-state index contributed by atoms with van der Waals surface area (Å²) < 4.78 is 51.7. The Balaban J connectivity index is 2.53. The Morgan fingerprint density at radius 1 is 1.26 bits per heavy atom. The maximum atomic E-state index is 13.3. The van der Waals surface area contributed by atoms with E-state index in [9.17, 15) is 27.2 Å². The molecule has 3 amide bonds. The van der Waals surface area contributed by atoms with E-state index in [0.717, 1.165) is 11.0 Å². The molecule has 0 atom stereocenters. The molecule has 0 aliphatic carbocycles. The predicted molar refractivity (Wildman–Crippen MR) is 70.7 cm³/mol. The molecular formula is C14H11F4N3O2. The van der Waals surface area contributed by atoms with Gasteiger partial charge >= 0.3 is 12.2 Å². The van der Waals surface area contributed by atoms with E-state index in [1.165, 1.54) is 13.8 Å². The quantitative estimate of drug-likeness (QED) is 0.476. The van der Waals surface area contributed by atoms with Crippen molar-refractivity contribution in [1.29, 1.82) is 5.26 Å². The monoisotopic (exact) mass is 329 g/mol. The molecule has 122 valence electrons. The minimum Gasteiger partial charge on any atom is -0.296 e. The third-order valence-electron chi connectivity index (χ3n) is 3.57. The SMILES string of the molecule is CC1(C)C(=O)N(c2ccc(F)c(C(F)(F)F)c2)C(=O)N1CC#N. The third-order valence-corrected chi connectivity index (χ3v) is 3.57. The smallest absolute Gasteiger partial charge is 0.296 e. The first kappa shape index (κ1) is 16.7. The lowest BCUT2D eigenvalue weighted by molar-refractivity contribution is -0.140.